The number of epoxide rings is 1. The summed E-state index contributed by atoms with van der Waals surface area (Å²) in [6.45, 7) is 0.446. The molecule has 2 unspecified atom stereocenters. The highest BCUT2D eigenvalue weighted by Crippen LogP contribution is 2.53. The second kappa shape index (κ2) is 6.52. The van der Waals surface area contributed by atoms with Crippen molar-refractivity contribution in [3.05, 3.63) is 63.9 Å². The van der Waals surface area contributed by atoms with E-state index < -0.39 is 33.8 Å². The Morgan fingerprint density at radius 1 is 1.21 bits per heavy atom. The van der Waals surface area contributed by atoms with Crippen LogP contribution in [0.5, 0.6) is 0 Å². The maximum Gasteiger partial charge on any atom is 0.417 e. The summed E-state index contributed by atoms with van der Waals surface area (Å²) in [4.78, 5) is 17.0. The molecule has 148 valence electrons. The Morgan fingerprint density at radius 3 is 2.64 bits per heavy atom. The van der Waals surface area contributed by atoms with E-state index in [9.17, 15) is 18.0 Å². The number of pyridine rings is 1. The summed E-state index contributed by atoms with van der Waals surface area (Å²) in [5.41, 5.74) is -2.99. The third-order valence-corrected chi connectivity index (χ3v) is 5.93. The van der Waals surface area contributed by atoms with Crippen LogP contribution in [-0.4, -0.2) is 17.4 Å². The van der Waals surface area contributed by atoms with Gasteiger partial charge < -0.3 is 4.74 Å². The number of halogens is 5. The van der Waals surface area contributed by atoms with Gasteiger partial charge in [-0.2, -0.15) is 13.2 Å². The van der Waals surface area contributed by atoms with Crippen molar-refractivity contribution in [2.24, 2.45) is 0 Å². The second-order valence-electron chi connectivity index (χ2n) is 7.18. The number of nitrogens with zero attached hydrogens (tertiary/aromatic N) is 1. The highest BCUT2D eigenvalue weighted by Gasteiger charge is 2.58. The topological polar surface area (TPSA) is 42.5 Å². The second-order valence-corrected chi connectivity index (χ2v) is 7.56. The van der Waals surface area contributed by atoms with E-state index in [-0.39, 0.29) is 30.4 Å². The fourth-order valence-electron chi connectivity index (χ4n) is 3.81. The van der Waals surface area contributed by atoms with Gasteiger partial charge in [0, 0.05) is 18.2 Å². The highest BCUT2D eigenvalue weighted by molar-refractivity contribution is 6.32. The van der Waals surface area contributed by atoms with E-state index in [0.717, 1.165) is 6.07 Å². The maximum absolute atomic E-state index is 15.7. The molecule has 2 heterocycles. The number of aryl methyl sites for hydroxylation is 1. The SMILES string of the molecule is O=C(CCc1cccc(C(F)(F)F)c1Cl)C1(F)CCC2(CO2)c2ncccc21. The van der Waals surface area contributed by atoms with Crippen LogP contribution in [0.1, 0.15) is 41.6 Å². The number of carbonyl (C=O) groups is 1. The number of ketones is 1. The molecule has 0 saturated carbocycles. The van der Waals surface area contributed by atoms with Gasteiger partial charge in [-0.25, -0.2) is 4.39 Å². The van der Waals surface area contributed by atoms with Gasteiger partial charge in [0.25, 0.3) is 0 Å². The van der Waals surface area contributed by atoms with Gasteiger partial charge in [-0.1, -0.05) is 29.8 Å². The number of hydrogen-bond acceptors (Lipinski definition) is 3. The summed E-state index contributed by atoms with van der Waals surface area (Å²) in [5, 5.41) is -0.452. The Hall–Kier alpha value is -1.99. The van der Waals surface area contributed by atoms with Gasteiger partial charge in [0.1, 0.15) is 5.60 Å². The number of alkyl halides is 4. The predicted molar refractivity (Wildman–Crippen MR) is 93.7 cm³/mol. The number of ether oxygens (including phenoxy) is 1. The number of hydrogen-bond donors (Lipinski definition) is 0. The first kappa shape index (κ1) is 19.3. The largest absolute Gasteiger partial charge is 0.417 e. The summed E-state index contributed by atoms with van der Waals surface area (Å²) in [6, 6.07) is 6.61. The molecule has 2 aromatic rings. The van der Waals surface area contributed by atoms with Crippen molar-refractivity contribution in [3.8, 4) is 0 Å². The van der Waals surface area contributed by atoms with E-state index in [1.807, 2.05) is 0 Å². The Morgan fingerprint density at radius 2 is 1.96 bits per heavy atom. The van der Waals surface area contributed by atoms with Crippen LogP contribution in [0.2, 0.25) is 5.02 Å². The average Bonchev–Trinajstić information content (AvgIpc) is 3.44. The molecule has 1 saturated heterocycles. The van der Waals surface area contributed by atoms with Crippen molar-refractivity contribution in [2.75, 3.05) is 6.61 Å². The van der Waals surface area contributed by atoms with Gasteiger partial charge >= 0.3 is 6.18 Å². The summed E-state index contributed by atoms with van der Waals surface area (Å²) >= 11 is 5.87. The predicted octanol–water partition coefficient (Wildman–Crippen LogP) is 5.14. The molecule has 1 aromatic carbocycles. The van der Waals surface area contributed by atoms with Crippen LogP contribution in [0.15, 0.2) is 36.5 Å². The maximum atomic E-state index is 15.7. The summed E-state index contributed by atoms with van der Waals surface area (Å²) in [7, 11) is 0. The molecule has 0 bridgehead atoms. The minimum Gasteiger partial charge on any atom is -0.363 e. The van der Waals surface area contributed by atoms with Gasteiger partial charge in [-0.15, -0.1) is 0 Å². The first-order valence-electron chi connectivity index (χ1n) is 8.84. The van der Waals surface area contributed by atoms with Crippen LogP contribution in [0.25, 0.3) is 0 Å². The lowest BCUT2D eigenvalue weighted by Gasteiger charge is -2.33. The monoisotopic (exact) mass is 413 g/mol. The van der Waals surface area contributed by atoms with E-state index in [1.165, 1.54) is 24.4 Å². The number of Topliss-reactive ketones (excluding diaryl/α,β-unsaturated/α-hetero) is 1. The number of rotatable bonds is 4. The van der Waals surface area contributed by atoms with Crippen molar-refractivity contribution in [2.45, 2.75) is 43.1 Å². The van der Waals surface area contributed by atoms with E-state index in [1.54, 1.807) is 6.07 Å². The lowest BCUT2D eigenvalue weighted by atomic mass is 9.74. The van der Waals surface area contributed by atoms with Crippen LogP contribution in [0.3, 0.4) is 0 Å². The van der Waals surface area contributed by atoms with E-state index >= 15 is 4.39 Å². The van der Waals surface area contributed by atoms with Gasteiger partial charge in [-0.05, 0) is 37.0 Å². The zero-order valence-electron chi connectivity index (χ0n) is 14.7. The van der Waals surface area contributed by atoms with Crippen molar-refractivity contribution in [1.29, 1.82) is 0 Å². The smallest absolute Gasteiger partial charge is 0.363 e. The Bertz CT molecular complexity index is 942. The van der Waals surface area contributed by atoms with Crippen LogP contribution < -0.4 is 0 Å². The lowest BCUT2D eigenvalue weighted by Crippen LogP contribution is -2.39. The van der Waals surface area contributed by atoms with Crippen LogP contribution in [-0.2, 0) is 33.4 Å². The molecule has 28 heavy (non-hydrogen) atoms. The van der Waals surface area contributed by atoms with Gasteiger partial charge in [0.05, 0.1) is 22.9 Å². The van der Waals surface area contributed by atoms with Crippen LogP contribution >= 0.6 is 11.6 Å². The Labute approximate surface area is 163 Å². The molecule has 0 N–H and O–H groups in total. The molecule has 4 rings (SSSR count). The standard InChI is InChI=1S/C20H16ClF4NO2/c21-16-12(3-1-4-13(16)20(23,24)25)6-7-15(27)19(22)9-8-18(11-28-18)17-14(19)5-2-10-26-17/h1-5,10H,6-9,11H2. The van der Waals surface area contributed by atoms with Gasteiger partial charge in [-0.3, -0.25) is 9.78 Å². The van der Waals surface area contributed by atoms with Gasteiger partial charge in [0.2, 0.25) is 0 Å². The number of benzene rings is 1. The molecule has 3 nitrogen and oxygen atoms in total. The fraction of sp³-hybridized carbons (Fsp3) is 0.400. The minimum absolute atomic E-state index is 0.0408. The Balaban J connectivity index is 1.57. The molecule has 2 atom stereocenters. The first-order valence-corrected chi connectivity index (χ1v) is 9.22. The third kappa shape index (κ3) is 3.10. The molecule has 0 amide bonds. The summed E-state index contributed by atoms with van der Waals surface area (Å²) in [6.07, 6.45) is -3.11. The first-order chi connectivity index (χ1) is 13.2. The lowest BCUT2D eigenvalue weighted by molar-refractivity contribution is -0.137. The van der Waals surface area contributed by atoms with Crippen molar-refractivity contribution in [3.63, 3.8) is 0 Å². The molecule has 1 fully saturated rings. The van der Waals surface area contributed by atoms with E-state index in [2.05, 4.69) is 4.98 Å². The van der Waals surface area contributed by atoms with E-state index in [4.69, 9.17) is 16.3 Å². The quantitative estimate of drug-likeness (QED) is 0.515. The highest BCUT2D eigenvalue weighted by atomic mass is 35.5. The zero-order valence-corrected chi connectivity index (χ0v) is 15.4. The average molecular weight is 414 g/mol. The summed E-state index contributed by atoms with van der Waals surface area (Å²) < 4.78 is 60.2. The number of aromatic nitrogens is 1. The van der Waals surface area contributed by atoms with Crippen molar-refractivity contribution < 1.29 is 27.1 Å². The van der Waals surface area contributed by atoms with Gasteiger partial charge in [0.15, 0.2) is 11.5 Å². The molecule has 1 aliphatic heterocycles. The molecular weight excluding hydrogens is 398 g/mol. The molecule has 1 aliphatic carbocycles. The van der Waals surface area contributed by atoms with Crippen LogP contribution in [0, 0.1) is 0 Å². The number of carbonyl (C=O) groups excluding carboxylic acids is 1. The molecule has 1 spiro atoms. The number of fused-ring (bicyclic) bond motifs is 2. The molecular formula is C20H16ClF4NO2. The zero-order chi connectivity index (χ0) is 20.2. The fourth-order valence-corrected chi connectivity index (χ4v) is 4.14. The minimum atomic E-state index is -4.59. The Kier molecular flexibility index (Phi) is 4.50. The third-order valence-electron chi connectivity index (χ3n) is 5.48. The van der Waals surface area contributed by atoms with E-state index in [0.29, 0.717) is 18.7 Å². The molecule has 0 radical (unpaired) electrons. The van der Waals surface area contributed by atoms with Crippen molar-refractivity contribution >= 4 is 17.4 Å². The normalized spacial score (nSPS) is 26.2. The summed E-state index contributed by atoms with van der Waals surface area (Å²) in [5.74, 6) is -0.689. The molecule has 2 aliphatic rings. The van der Waals surface area contributed by atoms with Crippen LogP contribution in [0.4, 0.5) is 17.6 Å². The van der Waals surface area contributed by atoms with Crippen molar-refractivity contribution in [1.82, 2.24) is 4.98 Å². The molecule has 1 aromatic heterocycles. The molecule has 8 heteroatoms.